The van der Waals surface area contributed by atoms with E-state index in [2.05, 4.69) is 10.3 Å². The molecule has 118 valence electrons. The Kier molecular flexibility index (Phi) is 4.31. The second-order valence-corrected chi connectivity index (χ2v) is 5.00. The molecule has 7 nitrogen and oxygen atoms in total. The number of nitrogens with zero attached hydrogens (tertiary/aromatic N) is 2. The number of hydrogen-bond donors (Lipinski definition) is 2. The largest absolute Gasteiger partial charge is 0.387 e. The van der Waals surface area contributed by atoms with Crippen molar-refractivity contribution in [2.24, 2.45) is 0 Å². The van der Waals surface area contributed by atoms with Crippen LogP contribution >= 0.6 is 0 Å². The van der Waals surface area contributed by atoms with Gasteiger partial charge in [0.05, 0.1) is 12.7 Å². The normalized spacial score (nSPS) is 20.2. The van der Waals surface area contributed by atoms with Crippen LogP contribution in [-0.4, -0.2) is 33.3 Å². The Balaban J connectivity index is 1.76. The lowest BCUT2D eigenvalue weighted by molar-refractivity contribution is -0.0202. The fourth-order valence-electron chi connectivity index (χ4n) is 2.16. The summed E-state index contributed by atoms with van der Waals surface area (Å²) in [6, 6.07) is 10.2. The summed E-state index contributed by atoms with van der Waals surface area (Å²) >= 11 is 0. The highest BCUT2D eigenvalue weighted by Crippen LogP contribution is 2.14. The fraction of sp³-hybridized carbons (Fsp3) is 0.188. The highest BCUT2D eigenvalue weighted by Gasteiger charge is 2.17. The number of hydrogen-bond acceptors (Lipinski definition) is 5. The first kappa shape index (κ1) is 15.1. The van der Waals surface area contributed by atoms with Crippen molar-refractivity contribution in [3.05, 3.63) is 70.8 Å². The molecule has 2 atom stereocenters. The number of anilines is 1. The molecule has 3 rings (SSSR count). The van der Waals surface area contributed by atoms with E-state index >= 15 is 0 Å². The number of benzene rings is 1. The Labute approximate surface area is 131 Å². The zero-order valence-electron chi connectivity index (χ0n) is 12.1. The number of aromatic nitrogens is 2. The molecule has 0 fully saturated rings. The molecule has 1 aromatic carbocycles. The zero-order valence-corrected chi connectivity index (χ0v) is 12.1. The number of ether oxygens (including phenoxy) is 1. The molecule has 2 N–H and O–H groups in total. The number of aliphatic hydroxyl groups is 1. The maximum absolute atomic E-state index is 12.1. The van der Waals surface area contributed by atoms with Crippen LogP contribution in [0.1, 0.15) is 16.6 Å². The molecule has 7 heteroatoms. The molecule has 1 amide bonds. The van der Waals surface area contributed by atoms with Crippen molar-refractivity contribution in [2.45, 2.75) is 12.3 Å². The summed E-state index contributed by atoms with van der Waals surface area (Å²) in [5.74, 6) is -0.174. The average molecular weight is 313 g/mol. The first-order valence-corrected chi connectivity index (χ1v) is 7.07. The molecule has 2 heterocycles. The highest BCUT2D eigenvalue weighted by atomic mass is 16.5. The standard InChI is InChI=1S/C16H15N3O4/c20-12-6-7-14(23-10-12)19-9-8-13(18-16(19)22)17-15(21)11-4-2-1-3-5-11/h1-9,12,14,20H,10H2,(H,17,18,21,22)/t12-,14+/m0/s1. The molecule has 1 aliphatic heterocycles. The molecular formula is C16H15N3O4. The SMILES string of the molecule is O=C(Nc1ccn([C@H]2C=C[C@H](O)CO2)c(=O)n1)c1ccccc1. The van der Waals surface area contributed by atoms with E-state index in [1.54, 1.807) is 36.4 Å². The van der Waals surface area contributed by atoms with Crippen molar-refractivity contribution in [3.63, 3.8) is 0 Å². The van der Waals surface area contributed by atoms with E-state index in [0.29, 0.717) is 5.56 Å². The summed E-state index contributed by atoms with van der Waals surface area (Å²) in [6.45, 7) is 0.111. The van der Waals surface area contributed by atoms with Gasteiger partial charge in [0.1, 0.15) is 5.82 Å². The molecule has 23 heavy (non-hydrogen) atoms. The Morgan fingerprint density at radius 2 is 2.04 bits per heavy atom. The molecule has 0 spiro atoms. The van der Waals surface area contributed by atoms with Gasteiger partial charge >= 0.3 is 5.69 Å². The van der Waals surface area contributed by atoms with Crippen LogP contribution in [0.3, 0.4) is 0 Å². The van der Waals surface area contributed by atoms with Crippen molar-refractivity contribution in [1.29, 1.82) is 0 Å². The summed E-state index contributed by atoms with van der Waals surface area (Å²) in [5.41, 5.74) is -0.0760. The summed E-state index contributed by atoms with van der Waals surface area (Å²) in [7, 11) is 0. The smallest absolute Gasteiger partial charge is 0.351 e. The Hall–Kier alpha value is -2.77. The lowest BCUT2D eigenvalue weighted by atomic mass is 10.2. The van der Waals surface area contributed by atoms with E-state index in [-0.39, 0.29) is 18.3 Å². The van der Waals surface area contributed by atoms with Gasteiger partial charge in [-0.1, -0.05) is 24.3 Å². The number of rotatable bonds is 3. The van der Waals surface area contributed by atoms with Crippen LogP contribution in [0.25, 0.3) is 0 Å². The maximum atomic E-state index is 12.1. The van der Waals surface area contributed by atoms with E-state index in [9.17, 15) is 14.7 Å². The predicted molar refractivity (Wildman–Crippen MR) is 83.0 cm³/mol. The van der Waals surface area contributed by atoms with E-state index in [4.69, 9.17) is 4.74 Å². The van der Waals surface area contributed by atoms with Gasteiger partial charge in [0.25, 0.3) is 5.91 Å². The molecule has 0 saturated carbocycles. The van der Waals surface area contributed by atoms with Gasteiger partial charge in [0.2, 0.25) is 0 Å². The molecule has 1 aromatic heterocycles. The molecule has 2 aromatic rings. The van der Waals surface area contributed by atoms with Crippen molar-refractivity contribution >= 4 is 11.7 Å². The first-order chi connectivity index (χ1) is 11.1. The van der Waals surface area contributed by atoms with Gasteiger partial charge in [-0.15, -0.1) is 0 Å². The first-order valence-electron chi connectivity index (χ1n) is 7.07. The topological polar surface area (TPSA) is 93.5 Å². The second kappa shape index (κ2) is 6.55. The Morgan fingerprint density at radius 1 is 1.26 bits per heavy atom. The summed E-state index contributed by atoms with van der Waals surface area (Å²) in [6.07, 6.45) is 3.35. The fourth-order valence-corrected chi connectivity index (χ4v) is 2.16. The van der Waals surface area contributed by atoms with Gasteiger partial charge in [0.15, 0.2) is 6.23 Å². The van der Waals surface area contributed by atoms with Gasteiger partial charge in [-0.2, -0.15) is 4.98 Å². The molecule has 1 aliphatic rings. The van der Waals surface area contributed by atoms with Crippen LogP contribution in [0, 0.1) is 0 Å². The van der Waals surface area contributed by atoms with E-state index in [0.717, 1.165) is 0 Å². The average Bonchev–Trinajstić information content (AvgIpc) is 2.57. The van der Waals surface area contributed by atoms with E-state index in [1.807, 2.05) is 6.07 Å². The van der Waals surface area contributed by atoms with Crippen LogP contribution in [-0.2, 0) is 4.74 Å². The zero-order chi connectivity index (χ0) is 16.2. The van der Waals surface area contributed by atoms with Crippen molar-refractivity contribution in [3.8, 4) is 0 Å². The monoisotopic (exact) mass is 313 g/mol. The lowest BCUT2D eigenvalue weighted by Crippen LogP contribution is -2.32. The summed E-state index contributed by atoms with van der Waals surface area (Å²) < 4.78 is 6.62. The van der Waals surface area contributed by atoms with Gasteiger partial charge in [-0.05, 0) is 24.3 Å². The minimum atomic E-state index is -0.667. The summed E-state index contributed by atoms with van der Waals surface area (Å²) in [5, 5.41) is 11.9. The third kappa shape index (κ3) is 3.53. The quantitative estimate of drug-likeness (QED) is 0.823. The number of carbonyl (C=O) groups is 1. The van der Waals surface area contributed by atoms with E-state index < -0.39 is 18.0 Å². The molecule has 0 unspecified atom stereocenters. The molecular weight excluding hydrogens is 298 g/mol. The number of amides is 1. The third-order valence-electron chi connectivity index (χ3n) is 3.32. The van der Waals surface area contributed by atoms with Gasteiger partial charge < -0.3 is 15.2 Å². The van der Waals surface area contributed by atoms with Crippen molar-refractivity contribution in [2.75, 3.05) is 11.9 Å². The molecule has 0 aliphatic carbocycles. The van der Waals surface area contributed by atoms with Crippen LogP contribution < -0.4 is 11.0 Å². The molecule has 0 radical (unpaired) electrons. The van der Waals surface area contributed by atoms with Crippen LogP contribution in [0.15, 0.2) is 59.5 Å². The van der Waals surface area contributed by atoms with E-state index in [1.165, 1.54) is 16.8 Å². The van der Waals surface area contributed by atoms with Crippen molar-refractivity contribution in [1.82, 2.24) is 9.55 Å². The Morgan fingerprint density at radius 3 is 2.70 bits per heavy atom. The minimum Gasteiger partial charge on any atom is -0.387 e. The van der Waals surface area contributed by atoms with Crippen LogP contribution in [0.5, 0.6) is 0 Å². The Bertz CT molecular complexity index is 785. The summed E-state index contributed by atoms with van der Waals surface area (Å²) in [4.78, 5) is 27.9. The number of carbonyl (C=O) groups excluding carboxylic acids is 1. The van der Waals surface area contributed by atoms with Crippen LogP contribution in [0.4, 0.5) is 5.82 Å². The van der Waals surface area contributed by atoms with Gasteiger partial charge in [0, 0.05) is 11.8 Å². The maximum Gasteiger partial charge on any atom is 0.351 e. The van der Waals surface area contributed by atoms with Crippen LogP contribution in [0.2, 0.25) is 0 Å². The third-order valence-corrected chi connectivity index (χ3v) is 3.32. The molecule has 0 saturated heterocycles. The van der Waals surface area contributed by atoms with Gasteiger partial charge in [-0.25, -0.2) is 4.79 Å². The second-order valence-electron chi connectivity index (χ2n) is 5.00. The number of nitrogens with one attached hydrogen (secondary N) is 1. The molecule has 0 bridgehead atoms. The highest BCUT2D eigenvalue weighted by molar-refractivity contribution is 6.03. The van der Waals surface area contributed by atoms with Gasteiger partial charge in [-0.3, -0.25) is 9.36 Å². The van der Waals surface area contributed by atoms with Crippen molar-refractivity contribution < 1.29 is 14.6 Å². The minimum absolute atomic E-state index is 0.111. The lowest BCUT2D eigenvalue weighted by Gasteiger charge is -2.22. The number of aliphatic hydroxyl groups excluding tert-OH is 1. The predicted octanol–water partition coefficient (Wildman–Crippen LogP) is 0.941.